The van der Waals surface area contributed by atoms with E-state index in [1.807, 2.05) is 24.3 Å². The third-order valence-corrected chi connectivity index (χ3v) is 6.75. The number of imidazole rings is 1. The second-order valence-electron chi connectivity index (χ2n) is 7.74. The van der Waals surface area contributed by atoms with Gasteiger partial charge in [-0.05, 0) is 34.1 Å². The molecule has 1 fully saturated rings. The van der Waals surface area contributed by atoms with E-state index in [0.717, 1.165) is 27.1 Å². The molecule has 5 nitrogen and oxygen atoms in total. The van der Waals surface area contributed by atoms with E-state index < -0.39 is 5.54 Å². The van der Waals surface area contributed by atoms with Crippen LogP contribution in [0.4, 0.5) is 5.69 Å². The normalized spacial score (nSPS) is 27.5. The summed E-state index contributed by atoms with van der Waals surface area (Å²) in [5.41, 5.74) is 3.24. The molecule has 1 unspecified atom stereocenters. The van der Waals surface area contributed by atoms with Crippen molar-refractivity contribution in [2.45, 2.75) is 31.2 Å². The number of nitrogens with one attached hydrogen (secondary N) is 1. The first kappa shape index (κ1) is 18.3. The van der Waals surface area contributed by atoms with E-state index in [1.54, 1.807) is 11.1 Å². The lowest BCUT2D eigenvalue weighted by Gasteiger charge is -2.49. The third kappa shape index (κ3) is 2.39. The SMILES string of the molecule is CC1(C)/C=C\C2=Nc3cc(Br)ccc3C23CC(=O)N3/C=C(/Cl)c2nc(Br)[nH]c21. The van der Waals surface area contributed by atoms with Crippen LogP contribution in [0, 0.1) is 0 Å². The number of benzene rings is 1. The summed E-state index contributed by atoms with van der Waals surface area (Å²) in [6.07, 6.45) is 6.18. The first-order valence-corrected chi connectivity index (χ1v) is 10.7. The van der Waals surface area contributed by atoms with E-state index in [9.17, 15) is 4.79 Å². The van der Waals surface area contributed by atoms with Crippen LogP contribution in [0.2, 0.25) is 0 Å². The fourth-order valence-corrected chi connectivity index (χ4v) is 5.10. The molecule has 2 aromatic rings. The van der Waals surface area contributed by atoms with Gasteiger partial charge in [0.1, 0.15) is 11.2 Å². The van der Waals surface area contributed by atoms with Crippen LogP contribution in [0.5, 0.6) is 0 Å². The molecule has 1 N–H and O–H groups in total. The van der Waals surface area contributed by atoms with Crippen molar-refractivity contribution in [1.29, 1.82) is 0 Å². The average molecular weight is 523 g/mol. The second kappa shape index (κ2) is 5.90. The third-order valence-electron chi connectivity index (χ3n) is 5.60. The highest BCUT2D eigenvalue weighted by Gasteiger charge is 2.58. The predicted octanol–water partition coefficient (Wildman–Crippen LogP) is 5.53. The lowest BCUT2D eigenvalue weighted by molar-refractivity contribution is -0.145. The summed E-state index contributed by atoms with van der Waals surface area (Å²) in [6, 6.07) is 5.99. The van der Waals surface area contributed by atoms with Crippen LogP contribution in [0.3, 0.4) is 0 Å². The van der Waals surface area contributed by atoms with E-state index in [1.165, 1.54) is 0 Å². The van der Waals surface area contributed by atoms with Gasteiger partial charge in [-0.2, -0.15) is 0 Å². The Hall–Kier alpha value is -1.70. The summed E-state index contributed by atoms with van der Waals surface area (Å²) >= 11 is 13.6. The van der Waals surface area contributed by atoms with Crippen LogP contribution < -0.4 is 0 Å². The smallest absolute Gasteiger partial charge is 0.230 e. The zero-order valence-corrected chi connectivity index (χ0v) is 19.0. The van der Waals surface area contributed by atoms with Gasteiger partial charge in [-0.1, -0.05) is 53.5 Å². The zero-order chi connectivity index (χ0) is 19.8. The fraction of sp³-hybridized carbons (Fsp3) is 0.250. The Morgan fingerprint density at radius 1 is 1.29 bits per heavy atom. The van der Waals surface area contributed by atoms with Gasteiger partial charge in [0.2, 0.25) is 5.91 Å². The number of hydrogen-bond acceptors (Lipinski definition) is 3. The van der Waals surface area contributed by atoms with Gasteiger partial charge >= 0.3 is 0 Å². The van der Waals surface area contributed by atoms with E-state index in [4.69, 9.17) is 16.6 Å². The van der Waals surface area contributed by atoms with Gasteiger partial charge in [-0.3, -0.25) is 9.79 Å². The van der Waals surface area contributed by atoms with Gasteiger partial charge in [0, 0.05) is 21.7 Å². The van der Waals surface area contributed by atoms with Crippen molar-refractivity contribution >= 4 is 65.8 Å². The molecule has 5 rings (SSSR count). The van der Waals surface area contributed by atoms with Gasteiger partial charge in [0.05, 0.1) is 28.5 Å². The van der Waals surface area contributed by atoms with Crippen LogP contribution >= 0.6 is 43.5 Å². The maximum atomic E-state index is 12.6. The number of hydrogen-bond donors (Lipinski definition) is 1. The molecule has 3 aliphatic rings. The Morgan fingerprint density at radius 2 is 2.07 bits per heavy atom. The van der Waals surface area contributed by atoms with Gasteiger partial charge in [-0.25, -0.2) is 4.98 Å². The lowest BCUT2D eigenvalue weighted by Crippen LogP contribution is -2.61. The molecule has 1 amide bonds. The van der Waals surface area contributed by atoms with Gasteiger partial charge < -0.3 is 9.88 Å². The number of H-pyrrole nitrogens is 1. The number of aromatic amines is 1. The summed E-state index contributed by atoms with van der Waals surface area (Å²) in [5, 5.41) is 0.415. The van der Waals surface area contributed by atoms with Crippen LogP contribution in [0.25, 0.3) is 5.03 Å². The van der Waals surface area contributed by atoms with Crippen molar-refractivity contribution in [3.63, 3.8) is 0 Å². The molecule has 8 heteroatoms. The van der Waals surface area contributed by atoms with Crippen molar-refractivity contribution < 1.29 is 4.79 Å². The first-order valence-electron chi connectivity index (χ1n) is 8.77. The molecular formula is C20H15Br2ClN4O. The van der Waals surface area contributed by atoms with Crippen molar-refractivity contribution in [3.05, 3.63) is 62.7 Å². The summed E-state index contributed by atoms with van der Waals surface area (Å²) in [6.45, 7) is 4.18. The van der Waals surface area contributed by atoms with Crippen molar-refractivity contribution in [2.75, 3.05) is 0 Å². The number of β-lactam (4-membered cyclic amide) rings is 1. The number of aliphatic imine (C=N–C) groups is 1. The van der Waals surface area contributed by atoms with Crippen molar-refractivity contribution in [2.24, 2.45) is 4.99 Å². The summed E-state index contributed by atoms with van der Waals surface area (Å²) < 4.78 is 1.55. The maximum absolute atomic E-state index is 12.6. The van der Waals surface area contributed by atoms with Crippen LogP contribution in [-0.4, -0.2) is 26.5 Å². The summed E-state index contributed by atoms with van der Waals surface area (Å²) in [4.78, 5) is 26.9. The predicted molar refractivity (Wildman–Crippen MR) is 117 cm³/mol. The average Bonchev–Trinajstić information content (AvgIpc) is 3.17. The minimum Gasteiger partial charge on any atom is -0.335 e. The minimum atomic E-state index is -0.620. The summed E-state index contributed by atoms with van der Waals surface area (Å²) in [7, 11) is 0. The van der Waals surface area contributed by atoms with Crippen LogP contribution in [0.15, 0.2) is 50.7 Å². The monoisotopic (exact) mass is 520 g/mol. The number of aromatic nitrogens is 2. The minimum absolute atomic E-state index is 0.00556. The Balaban J connectivity index is 1.79. The highest BCUT2D eigenvalue weighted by atomic mass is 79.9. The van der Waals surface area contributed by atoms with E-state index >= 15 is 0 Å². The molecule has 3 aliphatic heterocycles. The molecule has 1 aromatic carbocycles. The van der Waals surface area contributed by atoms with Crippen molar-refractivity contribution in [3.8, 4) is 0 Å². The first-order chi connectivity index (χ1) is 13.2. The number of rotatable bonds is 0. The Morgan fingerprint density at radius 3 is 2.82 bits per heavy atom. The van der Waals surface area contributed by atoms with E-state index in [0.29, 0.717) is 21.9 Å². The Bertz CT molecular complexity index is 1150. The zero-order valence-electron chi connectivity index (χ0n) is 15.1. The highest BCUT2D eigenvalue weighted by Crippen LogP contribution is 2.53. The number of halogens is 3. The number of amides is 1. The molecule has 0 saturated carbocycles. The Labute approximate surface area is 183 Å². The second-order valence-corrected chi connectivity index (χ2v) is 9.82. The molecule has 1 saturated heterocycles. The van der Waals surface area contributed by atoms with Crippen LogP contribution in [0.1, 0.15) is 37.2 Å². The molecule has 0 bridgehead atoms. The number of nitrogens with zero attached hydrogens (tertiary/aromatic N) is 3. The maximum Gasteiger partial charge on any atom is 0.230 e. The number of carbonyl (C=O) groups excluding carboxylic acids is 1. The number of carbonyl (C=O) groups is 1. The highest BCUT2D eigenvalue weighted by molar-refractivity contribution is 9.10. The largest absolute Gasteiger partial charge is 0.335 e. The van der Waals surface area contributed by atoms with E-state index in [-0.39, 0.29) is 11.3 Å². The standard InChI is InChI=1S/C20H15Br2ClN4O/c1-19(2)6-5-14-20(11-4-3-10(21)7-13(11)24-14)8-15(28)27(20)9-12(23)16-17(19)26-18(22)25-16/h3-7,9H,8H2,1-2H3,(H,25,26)/b6-5-,12-9+. The number of fused-ring (bicyclic) bond motifs is 2. The molecule has 28 heavy (non-hydrogen) atoms. The Kier molecular flexibility index (Phi) is 3.87. The van der Waals surface area contributed by atoms with Gasteiger partial charge in [0.25, 0.3) is 0 Å². The molecule has 0 aliphatic carbocycles. The van der Waals surface area contributed by atoms with Gasteiger partial charge in [0.15, 0.2) is 4.73 Å². The van der Waals surface area contributed by atoms with Crippen molar-refractivity contribution in [1.82, 2.24) is 14.9 Å². The lowest BCUT2D eigenvalue weighted by atomic mass is 9.74. The molecular weight excluding hydrogens is 508 g/mol. The number of allylic oxidation sites excluding steroid dienone is 1. The van der Waals surface area contributed by atoms with Gasteiger partial charge in [-0.15, -0.1) is 0 Å². The molecule has 1 atom stereocenters. The quantitative estimate of drug-likeness (QED) is 0.463. The molecule has 4 heterocycles. The van der Waals surface area contributed by atoms with E-state index in [2.05, 4.69) is 61.8 Å². The summed E-state index contributed by atoms with van der Waals surface area (Å²) in [5.74, 6) is 0.00556. The molecule has 1 aromatic heterocycles. The topological polar surface area (TPSA) is 61.4 Å². The van der Waals surface area contributed by atoms with Crippen LogP contribution in [-0.2, 0) is 15.7 Å². The molecule has 1 spiro atoms. The fourth-order valence-electron chi connectivity index (χ4n) is 4.14. The molecule has 0 radical (unpaired) electrons. The molecule has 142 valence electrons.